The van der Waals surface area contributed by atoms with Gasteiger partial charge in [-0.05, 0) is 18.2 Å². The number of amides is 1. The summed E-state index contributed by atoms with van der Waals surface area (Å²) < 4.78 is 27.7. The maximum absolute atomic E-state index is 12.9. The standard InChI is InChI=1S/C24H26N2O8/c1-30-16-5-4-14(10-18(16)31-2)17-11-15(27)22-19(34-17)12-20(24(32-3)23(22)29)33-9-8-26-7-6-25-21(28)13-26/h4-5,10-12,29H,6-9,13H2,1-3H3,(H,25,28). The summed E-state index contributed by atoms with van der Waals surface area (Å²) in [4.78, 5) is 26.4. The van der Waals surface area contributed by atoms with Crippen molar-refractivity contribution in [3.05, 3.63) is 40.6 Å². The van der Waals surface area contributed by atoms with E-state index in [2.05, 4.69) is 5.32 Å². The zero-order valence-electron chi connectivity index (χ0n) is 19.2. The fourth-order valence-corrected chi connectivity index (χ4v) is 3.86. The third-order valence-electron chi connectivity index (χ3n) is 5.57. The molecule has 10 heteroatoms. The van der Waals surface area contributed by atoms with Gasteiger partial charge in [0.15, 0.2) is 28.4 Å². The summed E-state index contributed by atoms with van der Waals surface area (Å²) in [5.41, 5.74) is 0.299. The van der Waals surface area contributed by atoms with E-state index in [0.29, 0.717) is 36.7 Å². The fraction of sp³-hybridized carbons (Fsp3) is 0.333. The van der Waals surface area contributed by atoms with E-state index in [1.165, 1.54) is 33.5 Å². The van der Waals surface area contributed by atoms with Crippen molar-refractivity contribution in [1.82, 2.24) is 10.2 Å². The van der Waals surface area contributed by atoms with Crippen molar-refractivity contribution in [3.8, 4) is 40.1 Å². The second-order valence-corrected chi connectivity index (χ2v) is 7.65. The number of hydrogen-bond acceptors (Lipinski definition) is 9. The predicted molar refractivity (Wildman–Crippen MR) is 124 cm³/mol. The van der Waals surface area contributed by atoms with E-state index in [1.54, 1.807) is 18.2 Å². The number of nitrogens with one attached hydrogen (secondary N) is 1. The molecule has 0 atom stereocenters. The van der Waals surface area contributed by atoms with E-state index in [1.807, 2.05) is 4.90 Å². The number of nitrogens with zero attached hydrogens (tertiary/aromatic N) is 1. The number of hydrogen-bond donors (Lipinski definition) is 2. The Labute approximate surface area is 195 Å². The third kappa shape index (κ3) is 4.58. The summed E-state index contributed by atoms with van der Waals surface area (Å²) in [5.74, 6) is 1.18. The molecular formula is C24H26N2O8. The number of phenols is 1. The molecule has 1 fully saturated rings. The van der Waals surface area contributed by atoms with Crippen molar-refractivity contribution in [2.45, 2.75) is 0 Å². The Hall–Kier alpha value is -3.92. The summed E-state index contributed by atoms with van der Waals surface area (Å²) in [6.45, 7) is 2.36. The van der Waals surface area contributed by atoms with Crippen molar-refractivity contribution in [3.63, 3.8) is 0 Å². The molecule has 1 aromatic heterocycles. The molecule has 2 heterocycles. The van der Waals surface area contributed by atoms with E-state index in [-0.39, 0.29) is 46.5 Å². The molecule has 3 aromatic rings. The molecule has 0 unspecified atom stereocenters. The molecule has 0 radical (unpaired) electrons. The highest BCUT2D eigenvalue weighted by atomic mass is 16.5. The second kappa shape index (κ2) is 9.92. The Morgan fingerprint density at radius 1 is 1.03 bits per heavy atom. The molecule has 1 aliphatic heterocycles. The number of ether oxygens (including phenoxy) is 4. The molecule has 0 aliphatic carbocycles. The summed E-state index contributed by atoms with van der Waals surface area (Å²) in [6, 6.07) is 7.95. The van der Waals surface area contributed by atoms with Gasteiger partial charge in [0.05, 0.1) is 27.9 Å². The molecule has 180 valence electrons. The average Bonchev–Trinajstić information content (AvgIpc) is 2.83. The fourth-order valence-electron chi connectivity index (χ4n) is 3.86. The number of benzene rings is 2. The predicted octanol–water partition coefficient (Wildman–Crippen LogP) is 2.00. The number of rotatable bonds is 8. The number of aromatic hydroxyl groups is 1. The van der Waals surface area contributed by atoms with Crippen LogP contribution in [-0.4, -0.2) is 70.0 Å². The Morgan fingerprint density at radius 2 is 1.82 bits per heavy atom. The SMILES string of the molecule is COc1ccc(-c2cc(=O)c3c(O)c(OC)c(OCCN4CCNC(=O)C4)cc3o2)cc1OC. The summed E-state index contributed by atoms with van der Waals surface area (Å²) >= 11 is 0. The highest BCUT2D eigenvalue weighted by molar-refractivity contribution is 5.89. The lowest BCUT2D eigenvalue weighted by Gasteiger charge is -2.26. The molecular weight excluding hydrogens is 444 g/mol. The van der Waals surface area contributed by atoms with Gasteiger partial charge >= 0.3 is 0 Å². The molecule has 1 aliphatic rings. The van der Waals surface area contributed by atoms with Gasteiger partial charge in [-0.15, -0.1) is 0 Å². The van der Waals surface area contributed by atoms with Gasteiger partial charge in [-0.2, -0.15) is 0 Å². The zero-order chi connectivity index (χ0) is 24.2. The first-order valence-electron chi connectivity index (χ1n) is 10.7. The largest absolute Gasteiger partial charge is 0.504 e. The van der Waals surface area contributed by atoms with Gasteiger partial charge in [0.1, 0.15) is 23.3 Å². The van der Waals surface area contributed by atoms with Crippen LogP contribution >= 0.6 is 0 Å². The molecule has 0 spiro atoms. The van der Waals surface area contributed by atoms with Crippen LogP contribution in [0.25, 0.3) is 22.3 Å². The van der Waals surface area contributed by atoms with Crippen LogP contribution in [0, 0.1) is 0 Å². The van der Waals surface area contributed by atoms with Crippen LogP contribution in [0.5, 0.6) is 28.7 Å². The van der Waals surface area contributed by atoms with Crippen molar-refractivity contribution >= 4 is 16.9 Å². The normalized spacial score (nSPS) is 14.0. The third-order valence-corrected chi connectivity index (χ3v) is 5.57. The first-order valence-corrected chi connectivity index (χ1v) is 10.7. The average molecular weight is 470 g/mol. The van der Waals surface area contributed by atoms with Gasteiger partial charge in [0, 0.05) is 37.3 Å². The van der Waals surface area contributed by atoms with E-state index < -0.39 is 5.43 Å². The summed E-state index contributed by atoms with van der Waals surface area (Å²) in [6.07, 6.45) is 0. The number of carbonyl (C=O) groups excluding carboxylic acids is 1. The Kier molecular flexibility index (Phi) is 6.78. The lowest BCUT2D eigenvalue weighted by molar-refractivity contribution is -0.124. The Bertz CT molecular complexity index is 1270. The second-order valence-electron chi connectivity index (χ2n) is 7.65. The molecule has 1 saturated heterocycles. The number of piperazine rings is 1. The molecule has 10 nitrogen and oxygen atoms in total. The zero-order valence-corrected chi connectivity index (χ0v) is 19.2. The topological polar surface area (TPSA) is 120 Å². The number of fused-ring (bicyclic) bond motifs is 1. The minimum atomic E-state index is -0.437. The van der Waals surface area contributed by atoms with Gasteiger partial charge in [0.25, 0.3) is 0 Å². The molecule has 1 amide bonds. The van der Waals surface area contributed by atoms with Gasteiger partial charge in [-0.1, -0.05) is 0 Å². The van der Waals surface area contributed by atoms with E-state index in [4.69, 9.17) is 23.4 Å². The molecule has 4 rings (SSSR count). The van der Waals surface area contributed by atoms with Gasteiger partial charge in [-0.25, -0.2) is 0 Å². The van der Waals surface area contributed by atoms with Gasteiger partial charge in [-0.3, -0.25) is 14.5 Å². The molecule has 2 aromatic carbocycles. The highest BCUT2D eigenvalue weighted by Gasteiger charge is 2.21. The summed E-state index contributed by atoms with van der Waals surface area (Å²) in [7, 11) is 4.43. The quantitative estimate of drug-likeness (QED) is 0.509. The van der Waals surface area contributed by atoms with Crippen molar-refractivity contribution < 1.29 is 33.3 Å². The Balaban J connectivity index is 1.67. The van der Waals surface area contributed by atoms with Crippen molar-refractivity contribution in [2.75, 3.05) is 54.1 Å². The highest BCUT2D eigenvalue weighted by Crippen LogP contribution is 2.42. The minimum absolute atomic E-state index is 0.0128. The lowest BCUT2D eigenvalue weighted by Crippen LogP contribution is -2.48. The molecule has 2 N–H and O–H groups in total. The number of carbonyl (C=O) groups is 1. The van der Waals surface area contributed by atoms with Crippen molar-refractivity contribution in [2.24, 2.45) is 0 Å². The number of phenolic OH excluding ortho intramolecular Hbond substituents is 1. The monoisotopic (exact) mass is 470 g/mol. The minimum Gasteiger partial charge on any atom is -0.504 e. The lowest BCUT2D eigenvalue weighted by atomic mass is 10.1. The first kappa shape index (κ1) is 23.2. The van der Waals surface area contributed by atoms with Crippen LogP contribution in [0.2, 0.25) is 0 Å². The van der Waals surface area contributed by atoms with Gasteiger partial charge < -0.3 is 33.8 Å². The van der Waals surface area contributed by atoms with Crippen LogP contribution < -0.4 is 29.7 Å². The maximum Gasteiger partial charge on any atom is 0.234 e. The smallest absolute Gasteiger partial charge is 0.234 e. The van der Waals surface area contributed by atoms with Crippen LogP contribution in [0.15, 0.2) is 39.5 Å². The van der Waals surface area contributed by atoms with Crippen LogP contribution in [0.1, 0.15) is 0 Å². The maximum atomic E-state index is 12.9. The number of methoxy groups -OCH3 is 3. The van der Waals surface area contributed by atoms with Crippen LogP contribution in [-0.2, 0) is 4.79 Å². The van der Waals surface area contributed by atoms with Crippen molar-refractivity contribution in [1.29, 1.82) is 0 Å². The first-order chi connectivity index (χ1) is 16.4. The summed E-state index contributed by atoms with van der Waals surface area (Å²) in [5, 5.41) is 13.5. The van der Waals surface area contributed by atoms with Crippen LogP contribution in [0.4, 0.5) is 0 Å². The van der Waals surface area contributed by atoms with E-state index in [9.17, 15) is 14.7 Å². The van der Waals surface area contributed by atoms with Gasteiger partial charge in [0.2, 0.25) is 11.7 Å². The molecule has 34 heavy (non-hydrogen) atoms. The molecule has 0 saturated carbocycles. The van der Waals surface area contributed by atoms with E-state index >= 15 is 0 Å². The Morgan fingerprint density at radius 3 is 2.53 bits per heavy atom. The molecule has 0 bridgehead atoms. The van der Waals surface area contributed by atoms with Crippen LogP contribution in [0.3, 0.4) is 0 Å². The van der Waals surface area contributed by atoms with E-state index in [0.717, 1.165) is 6.54 Å².